The predicted octanol–water partition coefficient (Wildman–Crippen LogP) is 2.22. The van der Waals surface area contributed by atoms with Crippen molar-refractivity contribution < 1.29 is 0 Å². The van der Waals surface area contributed by atoms with Gasteiger partial charge in [-0.15, -0.1) is 0 Å². The first-order valence-corrected chi connectivity index (χ1v) is 6.84. The highest BCUT2D eigenvalue weighted by molar-refractivity contribution is 7.09. The van der Waals surface area contributed by atoms with Crippen LogP contribution in [0.5, 0.6) is 0 Å². The van der Waals surface area contributed by atoms with E-state index in [4.69, 9.17) is 0 Å². The van der Waals surface area contributed by atoms with Crippen LogP contribution in [-0.4, -0.2) is 28.5 Å². The maximum atomic E-state index is 4.43. The molecule has 1 heterocycles. The van der Waals surface area contributed by atoms with E-state index in [0.29, 0.717) is 5.92 Å². The molecule has 16 heavy (non-hydrogen) atoms. The van der Waals surface area contributed by atoms with Gasteiger partial charge in [0.1, 0.15) is 5.82 Å². The van der Waals surface area contributed by atoms with E-state index in [9.17, 15) is 0 Å². The number of anilines is 1. The highest BCUT2D eigenvalue weighted by Gasteiger charge is 2.19. The molecule has 1 fully saturated rings. The summed E-state index contributed by atoms with van der Waals surface area (Å²) in [4.78, 5) is 4.43. The van der Waals surface area contributed by atoms with Crippen LogP contribution in [0.2, 0.25) is 0 Å². The van der Waals surface area contributed by atoms with Gasteiger partial charge in [-0.3, -0.25) is 0 Å². The fourth-order valence-electron chi connectivity index (χ4n) is 1.42. The van der Waals surface area contributed by atoms with Gasteiger partial charge in [-0.1, -0.05) is 13.8 Å². The van der Waals surface area contributed by atoms with Crippen LogP contribution in [-0.2, 0) is 0 Å². The quantitative estimate of drug-likeness (QED) is 0.718. The zero-order chi connectivity index (χ0) is 11.4. The van der Waals surface area contributed by atoms with Crippen molar-refractivity contribution in [2.24, 2.45) is 0 Å². The molecule has 0 radical (unpaired) electrons. The highest BCUT2D eigenvalue weighted by atomic mass is 32.1. The Hall–Kier alpha value is -0.680. The first kappa shape index (κ1) is 11.8. The molecule has 0 aliphatic heterocycles. The van der Waals surface area contributed by atoms with Crippen molar-refractivity contribution in [2.75, 3.05) is 18.4 Å². The summed E-state index contributed by atoms with van der Waals surface area (Å²) < 4.78 is 4.31. The number of nitrogens with zero attached hydrogens (tertiary/aromatic N) is 2. The van der Waals surface area contributed by atoms with Crippen LogP contribution in [0.15, 0.2) is 0 Å². The minimum atomic E-state index is 0.420. The molecule has 90 valence electrons. The first-order chi connectivity index (χ1) is 7.75. The molecule has 1 aromatic heterocycles. The van der Waals surface area contributed by atoms with E-state index >= 15 is 0 Å². The average Bonchev–Trinajstić information content (AvgIpc) is 2.94. The van der Waals surface area contributed by atoms with Crippen LogP contribution in [0.25, 0.3) is 0 Å². The van der Waals surface area contributed by atoms with Crippen LogP contribution in [0.4, 0.5) is 5.13 Å². The number of nitrogens with one attached hydrogen (secondary N) is 2. The second kappa shape index (κ2) is 5.59. The van der Waals surface area contributed by atoms with Crippen LogP contribution in [0, 0.1) is 0 Å². The Morgan fingerprint density at radius 1 is 1.38 bits per heavy atom. The Kier molecular flexibility index (Phi) is 4.12. The zero-order valence-electron chi connectivity index (χ0n) is 9.99. The number of hydrogen-bond acceptors (Lipinski definition) is 5. The van der Waals surface area contributed by atoms with Crippen molar-refractivity contribution >= 4 is 16.7 Å². The summed E-state index contributed by atoms with van der Waals surface area (Å²) in [6.07, 6.45) is 3.87. The molecule has 1 aliphatic rings. The third-order valence-electron chi connectivity index (χ3n) is 2.60. The lowest BCUT2D eigenvalue weighted by atomic mass is 10.2. The molecule has 0 unspecified atom stereocenters. The van der Waals surface area contributed by atoms with Gasteiger partial charge in [0.25, 0.3) is 0 Å². The van der Waals surface area contributed by atoms with Gasteiger partial charge in [-0.25, -0.2) is 4.98 Å². The Morgan fingerprint density at radius 2 is 2.19 bits per heavy atom. The molecule has 0 saturated heterocycles. The summed E-state index contributed by atoms with van der Waals surface area (Å²) >= 11 is 1.46. The third kappa shape index (κ3) is 3.72. The summed E-state index contributed by atoms with van der Waals surface area (Å²) in [5, 5.41) is 7.77. The molecule has 1 aromatic rings. The molecule has 2 rings (SSSR count). The smallest absolute Gasteiger partial charge is 0.202 e. The van der Waals surface area contributed by atoms with Gasteiger partial charge in [-0.2, -0.15) is 4.37 Å². The molecule has 4 nitrogen and oxygen atoms in total. The molecular formula is C11H20N4S. The van der Waals surface area contributed by atoms with Crippen LogP contribution < -0.4 is 10.6 Å². The fraction of sp³-hybridized carbons (Fsp3) is 0.818. The van der Waals surface area contributed by atoms with Gasteiger partial charge in [0, 0.05) is 30.0 Å². The van der Waals surface area contributed by atoms with E-state index in [2.05, 4.69) is 33.8 Å². The van der Waals surface area contributed by atoms with Gasteiger partial charge >= 0.3 is 0 Å². The number of aromatic nitrogens is 2. The van der Waals surface area contributed by atoms with Gasteiger partial charge in [0.05, 0.1) is 0 Å². The SMILES string of the molecule is CC(C)c1nsc(NCCCNC2CC2)n1. The standard InChI is InChI=1S/C11H20N4S/c1-8(2)10-14-11(16-15-10)13-7-3-6-12-9-4-5-9/h8-9,12H,3-7H2,1-2H3,(H,13,14,15). The maximum Gasteiger partial charge on any atom is 0.202 e. The molecule has 2 N–H and O–H groups in total. The maximum absolute atomic E-state index is 4.43. The molecular weight excluding hydrogens is 220 g/mol. The van der Waals surface area contributed by atoms with Crippen LogP contribution in [0.3, 0.4) is 0 Å². The molecule has 5 heteroatoms. The highest BCUT2D eigenvalue weighted by Crippen LogP contribution is 2.18. The van der Waals surface area contributed by atoms with Gasteiger partial charge in [0.2, 0.25) is 5.13 Å². The number of hydrogen-bond donors (Lipinski definition) is 2. The summed E-state index contributed by atoms with van der Waals surface area (Å²) in [5.41, 5.74) is 0. The lowest BCUT2D eigenvalue weighted by Gasteiger charge is -2.03. The zero-order valence-corrected chi connectivity index (χ0v) is 10.8. The normalized spacial score (nSPS) is 15.7. The second-order valence-corrected chi connectivity index (χ2v) is 5.37. The summed E-state index contributed by atoms with van der Waals surface area (Å²) in [6.45, 7) is 6.32. The largest absolute Gasteiger partial charge is 0.360 e. The molecule has 0 atom stereocenters. The van der Waals surface area contributed by atoms with Gasteiger partial charge < -0.3 is 10.6 Å². The number of rotatable bonds is 7. The summed E-state index contributed by atoms with van der Waals surface area (Å²) in [6, 6.07) is 0.814. The van der Waals surface area contributed by atoms with Gasteiger partial charge in [-0.05, 0) is 25.8 Å². The molecule has 0 amide bonds. The monoisotopic (exact) mass is 240 g/mol. The van der Waals surface area contributed by atoms with Crippen molar-refractivity contribution in [3.63, 3.8) is 0 Å². The first-order valence-electron chi connectivity index (χ1n) is 6.06. The lowest BCUT2D eigenvalue weighted by molar-refractivity contribution is 0.659. The van der Waals surface area contributed by atoms with E-state index in [1.807, 2.05) is 0 Å². The minimum absolute atomic E-state index is 0.420. The van der Waals surface area contributed by atoms with Gasteiger partial charge in [0.15, 0.2) is 0 Å². The topological polar surface area (TPSA) is 49.8 Å². The second-order valence-electron chi connectivity index (χ2n) is 4.62. The van der Waals surface area contributed by atoms with Crippen molar-refractivity contribution in [1.29, 1.82) is 0 Å². The Balaban J connectivity index is 1.60. The van der Waals surface area contributed by atoms with E-state index in [1.54, 1.807) is 0 Å². The molecule has 0 bridgehead atoms. The predicted molar refractivity (Wildman–Crippen MR) is 68.1 cm³/mol. The molecule has 0 aromatic carbocycles. The Morgan fingerprint density at radius 3 is 2.81 bits per heavy atom. The van der Waals surface area contributed by atoms with E-state index in [1.165, 1.54) is 24.4 Å². The average molecular weight is 240 g/mol. The van der Waals surface area contributed by atoms with Crippen molar-refractivity contribution in [1.82, 2.24) is 14.7 Å². The third-order valence-corrected chi connectivity index (χ3v) is 3.29. The van der Waals surface area contributed by atoms with Crippen molar-refractivity contribution in [2.45, 2.75) is 45.1 Å². The fourth-order valence-corrected chi connectivity index (χ4v) is 2.15. The van der Waals surface area contributed by atoms with Crippen LogP contribution in [0.1, 0.15) is 44.9 Å². The lowest BCUT2D eigenvalue weighted by Crippen LogP contribution is -2.19. The summed E-state index contributed by atoms with van der Waals surface area (Å²) in [7, 11) is 0. The minimum Gasteiger partial charge on any atom is -0.360 e. The van der Waals surface area contributed by atoms with Crippen molar-refractivity contribution in [3.8, 4) is 0 Å². The molecule has 1 saturated carbocycles. The Bertz CT molecular complexity index is 320. The van der Waals surface area contributed by atoms with E-state index in [-0.39, 0.29) is 0 Å². The van der Waals surface area contributed by atoms with E-state index in [0.717, 1.165) is 36.5 Å². The van der Waals surface area contributed by atoms with Crippen molar-refractivity contribution in [3.05, 3.63) is 5.82 Å². The van der Waals surface area contributed by atoms with Crippen LogP contribution >= 0.6 is 11.5 Å². The molecule has 1 aliphatic carbocycles. The Labute approximate surface area is 101 Å². The summed E-state index contributed by atoms with van der Waals surface area (Å²) in [5.74, 6) is 1.37. The molecule has 0 spiro atoms. The van der Waals surface area contributed by atoms with E-state index < -0.39 is 0 Å².